The highest BCUT2D eigenvalue weighted by Crippen LogP contribution is 2.41. The highest BCUT2D eigenvalue weighted by Gasteiger charge is 2.40. The number of hydrogen-bond acceptors (Lipinski definition) is 5. The molecule has 2 heterocycles. The van der Waals surface area contributed by atoms with Crippen LogP contribution in [0.4, 0.5) is 23.1 Å². The Balaban J connectivity index is 1.64. The number of benzene rings is 2. The molecule has 2 unspecified atom stereocenters. The average Bonchev–Trinajstić information content (AvgIpc) is 3.17. The van der Waals surface area contributed by atoms with Crippen molar-refractivity contribution in [3.05, 3.63) is 72.4 Å². The van der Waals surface area contributed by atoms with E-state index >= 15 is 0 Å². The van der Waals surface area contributed by atoms with E-state index in [2.05, 4.69) is 52.8 Å². The second-order valence-corrected chi connectivity index (χ2v) is 7.59. The number of rotatable bonds is 9. The summed E-state index contributed by atoms with van der Waals surface area (Å²) in [4.78, 5) is 14.0. The third kappa shape index (κ3) is 4.10. The molecular formula is C24H29N6+. The molecule has 1 aliphatic rings. The third-order valence-corrected chi connectivity index (χ3v) is 5.42. The normalized spacial score (nSPS) is 18.2. The van der Waals surface area contributed by atoms with Crippen molar-refractivity contribution in [3.63, 3.8) is 0 Å². The maximum atomic E-state index is 4.89. The number of quaternary nitrogens is 1. The number of para-hydroxylation sites is 2. The first-order chi connectivity index (χ1) is 14.7. The lowest BCUT2D eigenvalue weighted by Crippen LogP contribution is -2.54. The molecule has 2 atom stereocenters. The number of hydrogen-bond donors (Lipinski definition) is 2. The quantitative estimate of drug-likeness (QED) is 0.359. The molecule has 3 aromatic rings. The second kappa shape index (κ2) is 9.15. The number of aromatic nitrogens is 2. The van der Waals surface area contributed by atoms with Crippen molar-refractivity contribution in [1.82, 2.24) is 20.0 Å². The Morgan fingerprint density at radius 1 is 0.967 bits per heavy atom. The molecule has 0 bridgehead atoms. The molecule has 0 aliphatic carbocycles. The summed E-state index contributed by atoms with van der Waals surface area (Å²) in [6.07, 6.45) is 7.23. The molecule has 2 N–H and O–H groups in total. The topological polar surface area (TPSA) is 62.2 Å². The second-order valence-electron chi connectivity index (χ2n) is 7.59. The predicted molar refractivity (Wildman–Crippen MR) is 124 cm³/mol. The lowest BCUT2D eigenvalue weighted by Gasteiger charge is -2.29. The van der Waals surface area contributed by atoms with E-state index in [9.17, 15) is 0 Å². The van der Waals surface area contributed by atoms with Gasteiger partial charge in [0.2, 0.25) is 12.3 Å². The van der Waals surface area contributed by atoms with Crippen LogP contribution in [0, 0.1) is 0 Å². The van der Waals surface area contributed by atoms with E-state index in [1.807, 2.05) is 55.0 Å². The van der Waals surface area contributed by atoms with Crippen molar-refractivity contribution < 1.29 is 0 Å². The molecule has 1 aliphatic heterocycles. The average molecular weight is 402 g/mol. The minimum Gasteiger partial charge on any atom is -0.348 e. The van der Waals surface area contributed by atoms with E-state index in [1.54, 1.807) is 0 Å². The van der Waals surface area contributed by atoms with Crippen LogP contribution >= 0.6 is 0 Å². The van der Waals surface area contributed by atoms with Crippen molar-refractivity contribution in [2.45, 2.75) is 39.2 Å². The Labute approximate surface area is 178 Å². The summed E-state index contributed by atoms with van der Waals surface area (Å²) in [5, 5.41) is 3.44. The number of nitrogens with one attached hydrogen (secondary N) is 2. The first-order valence-corrected chi connectivity index (χ1v) is 10.7. The van der Waals surface area contributed by atoms with Gasteiger partial charge in [-0.25, -0.2) is 4.98 Å². The van der Waals surface area contributed by atoms with Crippen LogP contribution in [-0.2, 0) is 0 Å². The minimum atomic E-state index is 0.104. The molecule has 0 saturated heterocycles. The van der Waals surface area contributed by atoms with Gasteiger partial charge < -0.3 is 5.32 Å². The van der Waals surface area contributed by atoms with Gasteiger partial charge in [-0.3, -0.25) is 0 Å². The van der Waals surface area contributed by atoms with Crippen molar-refractivity contribution in [2.75, 3.05) is 11.9 Å². The van der Waals surface area contributed by atoms with Crippen LogP contribution in [0.5, 0.6) is 0 Å². The van der Waals surface area contributed by atoms with Crippen molar-refractivity contribution in [2.24, 2.45) is 4.99 Å². The van der Waals surface area contributed by atoms with Crippen LogP contribution in [0.1, 0.15) is 44.7 Å². The van der Waals surface area contributed by atoms with Crippen molar-refractivity contribution in [1.29, 1.82) is 0 Å². The number of nitrogens with zero attached hydrogens (tertiary/aromatic N) is 4. The van der Waals surface area contributed by atoms with Crippen LogP contribution < -0.4 is 15.3 Å². The zero-order valence-electron chi connectivity index (χ0n) is 17.6. The Morgan fingerprint density at radius 2 is 1.77 bits per heavy atom. The standard InChI is InChI=1S/C24H29N6/c1-3-4-10-16-27-30(18-26-21-13-8-9-14-22(21)30)23-15-17-25-24(29-23)28-19(2)20-11-6-5-7-12-20/h5-9,11-15,17-19,27H,3-4,10,16H2,1-2H3,(H,25,28,29)/q+1. The molecule has 0 amide bonds. The van der Waals surface area contributed by atoms with Gasteiger partial charge in [0.15, 0.2) is 5.69 Å². The Bertz CT molecular complexity index is 1000. The summed E-state index contributed by atoms with van der Waals surface area (Å²) < 4.78 is 0.302. The number of anilines is 1. The first kappa shape index (κ1) is 20.2. The molecule has 0 saturated carbocycles. The summed E-state index contributed by atoms with van der Waals surface area (Å²) in [6, 6.07) is 20.6. The van der Waals surface area contributed by atoms with Crippen LogP contribution in [-0.4, -0.2) is 22.9 Å². The molecular weight excluding hydrogens is 372 g/mol. The molecule has 2 aromatic carbocycles. The minimum absolute atomic E-state index is 0.104. The molecule has 1 aromatic heterocycles. The molecule has 6 nitrogen and oxygen atoms in total. The van der Waals surface area contributed by atoms with E-state index in [-0.39, 0.29) is 6.04 Å². The van der Waals surface area contributed by atoms with E-state index in [0.717, 1.165) is 30.2 Å². The zero-order valence-corrected chi connectivity index (χ0v) is 17.6. The molecule has 154 valence electrons. The molecule has 0 fully saturated rings. The van der Waals surface area contributed by atoms with Gasteiger partial charge in [-0.05, 0) is 25.0 Å². The van der Waals surface area contributed by atoms with Gasteiger partial charge in [0.05, 0.1) is 6.04 Å². The summed E-state index contributed by atoms with van der Waals surface area (Å²) in [5.74, 6) is 1.45. The summed E-state index contributed by atoms with van der Waals surface area (Å²) >= 11 is 0. The molecule has 0 spiro atoms. The van der Waals surface area contributed by atoms with Crippen LogP contribution in [0.15, 0.2) is 71.9 Å². The van der Waals surface area contributed by atoms with Crippen LogP contribution in [0.2, 0.25) is 0 Å². The van der Waals surface area contributed by atoms with Gasteiger partial charge in [0.25, 0.3) is 5.82 Å². The fourth-order valence-electron chi connectivity index (χ4n) is 3.74. The molecule has 0 radical (unpaired) electrons. The van der Waals surface area contributed by atoms with Crippen molar-refractivity contribution in [3.8, 4) is 0 Å². The number of fused-ring (bicyclic) bond motifs is 1. The van der Waals surface area contributed by atoms with E-state index in [1.165, 1.54) is 18.4 Å². The predicted octanol–water partition coefficient (Wildman–Crippen LogP) is 5.66. The van der Waals surface area contributed by atoms with Gasteiger partial charge in [-0.15, -0.1) is 4.59 Å². The highest BCUT2D eigenvalue weighted by molar-refractivity contribution is 5.93. The fourth-order valence-corrected chi connectivity index (χ4v) is 3.74. The smallest absolute Gasteiger partial charge is 0.263 e. The number of unbranched alkanes of at least 4 members (excludes halogenated alkanes) is 2. The summed E-state index contributed by atoms with van der Waals surface area (Å²) in [5.41, 5.74) is 6.92. The fraction of sp³-hybridized carbons (Fsp3) is 0.292. The lowest BCUT2D eigenvalue weighted by atomic mass is 10.1. The van der Waals surface area contributed by atoms with E-state index in [0.29, 0.717) is 10.5 Å². The van der Waals surface area contributed by atoms with E-state index in [4.69, 9.17) is 4.98 Å². The van der Waals surface area contributed by atoms with Gasteiger partial charge in [-0.2, -0.15) is 15.4 Å². The maximum Gasteiger partial charge on any atom is 0.263 e. The van der Waals surface area contributed by atoms with E-state index < -0.39 is 0 Å². The first-order valence-electron chi connectivity index (χ1n) is 10.7. The van der Waals surface area contributed by atoms with Gasteiger partial charge >= 0.3 is 0 Å². The van der Waals surface area contributed by atoms with Gasteiger partial charge in [0, 0.05) is 24.9 Å². The third-order valence-electron chi connectivity index (χ3n) is 5.42. The van der Waals surface area contributed by atoms with Crippen molar-refractivity contribution >= 4 is 29.5 Å². The Hall–Kier alpha value is -3.09. The molecule has 4 rings (SSSR count). The highest BCUT2D eigenvalue weighted by atomic mass is 15.7. The largest absolute Gasteiger partial charge is 0.348 e. The van der Waals surface area contributed by atoms with Gasteiger partial charge in [-0.1, -0.05) is 62.2 Å². The van der Waals surface area contributed by atoms with Gasteiger partial charge in [0.1, 0.15) is 5.69 Å². The summed E-state index contributed by atoms with van der Waals surface area (Å²) in [6.45, 7) is 5.21. The Kier molecular flexibility index (Phi) is 6.16. The van der Waals surface area contributed by atoms with Crippen LogP contribution in [0.25, 0.3) is 0 Å². The Morgan fingerprint density at radius 3 is 2.60 bits per heavy atom. The summed E-state index contributed by atoms with van der Waals surface area (Å²) in [7, 11) is 0. The molecule has 6 heteroatoms. The SMILES string of the molecule is CCCCCN[N+]1(c2ccnc(NC(C)c3ccccc3)n2)C=Nc2ccccc21. The van der Waals surface area contributed by atoms with Crippen LogP contribution in [0.3, 0.4) is 0 Å². The molecule has 30 heavy (non-hydrogen) atoms. The maximum absolute atomic E-state index is 4.89. The lowest BCUT2D eigenvalue weighted by molar-refractivity contribution is 0.406. The monoisotopic (exact) mass is 401 g/mol. The zero-order chi connectivity index (χ0) is 20.8. The number of aliphatic imine (C=N–C) groups is 1.